The van der Waals surface area contributed by atoms with Gasteiger partial charge in [0.25, 0.3) is 0 Å². The first-order chi connectivity index (χ1) is 21.5. The molecule has 0 fully saturated rings. The van der Waals surface area contributed by atoms with Gasteiger partial charge in [-0.05, 0) is 84.4 Å². The van der Waals surface area contributed by atoms with Crippen LogP contribution >= 0.6 is 0 Å². The van der Waals surface area contributed by atoms with Gasteiger partial charge in [-0.1, -0.05) is 6.07 Å². The Hall–Kier alpha value is -5.03. The van der Waals surface area contributed by atoms with Crippen molar-refractivity contribution in [1.82, 2.24) is 19.9 Å². The number of aliphatic hydroxyl groups is 3. The van der Waals surface area contributed by atoms with Crippen LogP contribution in [0.3, 0.4) is 0 Å². The van der Waals surface area contributed by atoms with Crippen LogP contribution in [0.15, 0.2) is 84.9 Å². The highest BCUT2D eigenvalue weighted by atomic mass is 16.5. The molecule has 224 valence electrons. The topological polar surface area (TPSA) is 148 Å². The van der Waals surface area contributed by atoms with Gasteiger partial charge in [-0.2, -0.15) is 0 Å². The monoisotopic (exact) mass is 591 g/mol. The summed E-state index contributed by atoms with van der Waals surface area (Å²) in [7, 11) is 0. The Morgan fingerprint density at radius 1 is 0.705 bits per heavy atom. The number of ketones is 1. The van der Waals surface area contributed by atoms with E-state index in [2.05, 4.69) is 15.0 Å². The molecule has 10 nitrogen and oxygen atoms in total. The van der Waals surface area contributed by atoms with Crippen LogP contribution in [0.2, 0.25) is 0 Å². The largest absolute Gasteiger partial charge is 0.491 e. The first-order valence-corrected chi connectivity index (χ1v) is 14.5. The number of aliphatic hydroxyl groups excluding tert-OH is 3. The lowest BCUT2D eigenvalue weighted by molar-refractivity contribution is 0.0993. The summed E-state index contributed by atoms with van der Waals surface area (Å²) in [5.74, 6) is 2.09. The van der Waals surface area contributed by atoms with E-state index < -0.39 is 0 Å². The van der Waals surface area contributed by atoms with Crippen molar-refractivity contribution >= 4 is 33.5 Å². The van der Waals surface area contributed by atoms with Gasteiger partial charge in [0.2, 0.25) is 0 Å². The molecule has 0 unspecified atom stereocenters. The molecule has 10 heteroatoms. The van der Waals surface area contributed by atoms with Crippen molar-refractivity contribution in [3.63, 3.8) is 0 Å². The van der Waals surface area contributed by atoms with Crippen molar-refractivity contribution in [2.75, 3.05) is 44.4 Å². The summed E-state index contributed by atoms with van der Waals surface area (Å²) in [6.07, 6.45) is 0.242. The molecule has 44 heavy (non-hydrogen) atoms. The molecule has 5 N–H and O–H groups in total. The van der Waals surface area contributed by atoms with Gasteiger partial charge in [0, 0.05) is 41.9 Å². The number of benzene rings is 4. The van der Waals surface area contributed by atoms with Gasteiger partial charge in [0.1, 0.15) is 24.0 Å². The lowest BCUT2D eigenvalue weighted by Crippen LogP contribution is -2.29. The Morgan fingerprint density at radius 3 is 1.91 bits per heavy atom. The van der Waals surface area contributed by atoms with Gasteiger partial charge in [0.05, 0.1) is 41.9 Å². The van der Waals surface area contributed by atoms with Crippen molar-refractivity contribution in [3.8, 4) is 28.5 Å². The fourth-order valence-corrected chi connectivity index (χ4v) is 5.22. The van der Waals surface area contributed by atoms with E-state index in [1.165, 1.54) is 0 Å². The molecule has 0 aliphatic heterocycles. The second-order valence-electron chi connectivity index (χ2n) is 10.4. The zero-order valence-corrected chi connectivity index (χ0v) is 24.0. The molecular formula is C34H33N5O5. The second kappa shape index (κ2) is 13.1. The maximum absolute atomic E-state index is 13.3. The van der Waals surface area contributed by atoms with E-state index in [0.717, 1.165) is 50.3 Å². The average molecular weight is 592 g/mol. The molecule has 0 atom stereocenters. The lowest BCUT2D eigenvalue weighted by Gasteiger charge is -2.22. The third-order valence-electron chi connectivity index (χ3n) is 7.45. The first-order valence-electron chi connectivity index (χ1n) is 14.5. The van der Waals surface area contributed by atoms with Gasteiger partial charge >= 0.3 is 0 Å². The number of rotatable bonds is 13. The van der Waals surface area contributed by atoms with E-state index in [4.69, 9.17) is 14.8 Å². The number of H-pyrrole nitrogens is 2. The summed E-state index contributed by atoms with van der Waals surface area (Å²) in [6, 6.07) is 26.6. The number of Topliss-reactive ketones (excluding diaryl/α,β-unsaturated/α-hetero) is 1. The number of hydrogen-bond donors (Lipinski definition) is 5. The van der Waals surface area contributed by atoms with E-state index >= 15 is 0 Å². The summed E-state index contributed by atoms with van der Waals surface area (Å²) in [6.45, 7) is 1.11. The molecule has 2 heterocycles. The summed E-state index contributed by atoms with van der Waals surface area (Å²) >= 11 is 0. The highest BCUT2D eigenvalue weighted by Crippen LogP contribution is 2.26. The maximum atomic E-state index is 13.3. The fraction of sp³-hybridized carbons (Fsp3) is 0.206. The predicted molar refractivity (Wildman–Crippen MR) is 170 cm³/mol. The SMILES string of the molecule is O=C(Cc1ccc2nc(-c3ccc(N(CCO)CCO)cc3)[nH]c2c1)c1ccc2nc(-c3ccc(OCCO)cc3)[nH]c2c1. The van der Waals surface area contributed by atoms with Crippen LogP contribution < -0.4 is 9.64 Å². The van der Waals surface area contributed by atoms with E-state index in [-0.39, 0.29) is 38.6 Å². The van der Waals surface area contributed by atoms with Crippen molar-refractivity contribution in [1.29, 1.82) is 0 Å². The van der Waals surface area contributed by atoms with Crippen molar-refractivity contribution in [3.05, 3.63) is 96.1 Å². The van der Waals surface area contributed by atoms with Crippen LogP contribution in [-0.2, 0) is 6.42 Å². The van der Waals surface area contributed by atoms with Gasteiger partial charge in [-0.15, -0.1) is 0 Å². The number of nitrogens with zero attached hydrogens (tertiary/aromatic N) is 3. The van der Waals surface area contributed by atoms with E-state index in [1.54, 1.807) is 6.07 Å². The molecule has 6 aromatic rings. The first kappa shape index (κ1) is 29.1. The Labute approximate surface area is 253 Å². The number of hydrogen-bond acceptors (Lipinski definition) is 8. The molecule has 0 spiro atoms. The smallest absolute Gasteiger partial charge is 0.167 e. The van der Waals surface area contributed by atoms with Crippen molar-refractivity contribution in [2.45, 2.75) is 6.42 Å². The summed E-state index contributed by atoms with van der Waals surface area (Å²) in [5.41, 5.74) is 7.39. The minimum absolute atomic E-state index is 0.00146. The molecule has 0 saturated heterocycles. The molecule has 2 aromatic heterocycles. The number of fused-ring (bicyclic) bond motifs is 2. The molecular weight excluding hydrogens is 558 g/mol. The summed E-state index contributed by atoms with van der Waals surface area (Å²) in [4.78, 5) is 31.3. The van der Waals surface area contributed by atoms with Crippen LogP contribution in [0, 0.1) is 0 Å². The van der Waals surface area contributed by atoms with Crippen molar-refractivity contribution in [2.24, 2.45) is 0 Å². The maximum Gasteiger partial charge on any atom is 0.167 e. The summed E-state index contributed by atoms with van der Waals surface area (Å²) in [5, 5.41) is 27.6. The van der Waals surface area contributed by atoms with E-state index in [0.29, 0.717) is 30.2 Å². The number of anilines is 1. The molecule has 4 aromatic carbocycles. The number of carbonyl (C=O) groups excluding carboxylic acids is 1. The Bertz CT molecular complexity index is 1870. The number of aromatic amines is 2. The Balaban J connectivity index is 1.16. The minimum atomic E-state index is -0.0410. The minimum Gasteiger partial charge on any atom is -0.491 e. The number of aromatic nitrogens is 4. The van der Waals surface area contributed by atoms with Crippen LogP contribution in [0.4, 0.5) is 5.69 Å². The zero-order chi connectivity index (χ0) is 30.5. The van der Waals surface area contributed by atoms with Gasteiger partial charge in [-0.3, -0.25) is 4.79 Å². The normalized spacial score (nSPS) is 11.3. The third kappa shape index (κ3) is 6.32. The van der Waals surface area contributed by atoms with E-state index in [1.807, 2.05) is 83.8 Å². The molecule has 0 bridgehead atoms. The second-order valence-corrected chi connectivity index (χ2v) is 10.4. The number of nitrogens with one attached hydrogen (secondary N) is 2. The predicted octanol–water partition coefficient (Wildman–Crippen LogP) is 4.36. The molecule has 0 amide bonds. The van der Waals surface area contributed by atoms with Gasteiger partial charge in [-0.25, -0.2) is 9.97 Å². The Morgan fingerprint density at radius 2 is 1.30 bits per heavy atom. The summed E-state index contributed by atoms with van der Waals surface area (Å²) < 4.78 is 5.43. The lowest BCUT2D eigenvalue weighted by atomic mass is 10.0. The van der Waals surface area contributed by atoms with Crippen LogP contribution in [0.25, 0.3) is 44.8 Å². The highest BCUT2D eigenvalue weighted by Gasteiger charge is 2.13. The molecule has 6 rings (SSSR count). The van der Waals surface area contributed by atoms with Crippen LogP contribution in [-0.4, -0.2) is 80.6 Å². The third-order valence-corrected chi connectivity index (χ3v) is 7.45. The quantitative estimate of drug-likeness (QED) is 0.125. The van der Waals surface area contributed by atoms with Crippen LogP contribution in [0.1, 0.15) is 15.9 Å². The zero-order valence-electron chi connectivity index (χ0n) is 24.0. The number of imidazole rings is 2. The standard InChI is InChI=1S/C34H33N5O5/c40-15-13-39(14-16-41)26-7-2-23(3-8-26)33-35-28-11-1-22(19-30(28)37-33)20-32(43)25-6-12-29-31(21-25)38-34(36-29)24-4-9-27(10-5-24)44-18-17-42/h1-12,19,21,40-42H,13-18,20H2,(H,35,37)(H,36,38). The van der Waals surface area contributed by atoms with Gasteiger partial charge < -0.3 is 34.9 Å². The number of carbonyl (C=O) groups is 1. The van der Waals surface area contributed by atoms with Crippen molar-refractivity contribution < 1.29 is 24.9 Å². The highest BCUT2D eigenvalue weighted by molar-refractivity contribution is 6.00. The molecule has 0 radical (unpaired) electrons. The van der Waals surface area contributed by atoms with E-state index in [9.17, 15) is 15.0 Å². The Kier molecular flexibility index (Phi) is 8.64. The fourth-order valence-electron chi connectivity index (χ4n) is 5.22. The molecule has 0 aliphatic carbocycles. The van der Waals surface area contributed by atoms with Gasteiger partial charge in [0.15, 0.2) is 5.78 Å². The average Bonchev–Trinajstić information content (AvgIpc) is 3.68. The molecule has 0 aliphatic rings. The van der Waals surface area contributed by atoms with Crippen LogP contribution in [0.5, 0.6) is 5.75 Å². The number of ether oxygens (including phenoxy) is 1. The molecule has 0 saturated carbocycles.